The topological polar surface area (TPSA) is 80.6 Å². The van der Waals surface area contributed by atoms with E-state index in [4.69, 9.17) is 4.74 Å². The Balaban J connectivity index is 1.55. The number of allylic oxidation sites excluding steroid dienone is 3. The largest absolute Gasteiger partial charge is 0.449 e. The van der Waals surface area contributed by atoms with Gasteiger partial charge in [0.05, 0.1) is 16.8 Å². The maximum Gasteiger partial charge on any atom is 0.339 e. The summed E-state index contributed by atoms with van der Waals surface area (Å²) in [6.45, 7) is 6.85. The van der Waals surface area contributed by atoms with Gasteiger partial charge in [0.15, 0.2) is 6.10 Å². The summed E-state index contributed by atoms with van der Waals surface area (Å²) >= 11 is 0. The van der Waals surface area contributed by atoms with E-state index in [0.717, 1.165) is 16.3 Å². The van der Waals surface area contributed by atoms with Gasteiger partial charge < -0.3 is 10.1 Å². The van der Waals surface area contributed by atoms with Crippen LogP contribution in [0, 0.1) is 0 Å². The highest BCUT2D eigenvalue weighted by Crippen LogP contribution is 2.24. The van der Waals surface area contributed by atoms with Gasteiger partial charge in [-0.3, -0.25) is 9.79 Å². The number of hydrogen-bond donors (Lipinski definition) is 1. The van der Waals surface area contributed by atoms with Crippen molar-refractivity contribution in [3.05, 3.63) is 102 Å². The molecule has 0 spiro atoms. The molecule has 1 aromatic heterocycles. The van der Waals surface area contributed by atoms with E-state index in [1.54, 1.807) is 25.3 Å². The van der Waals surface area contributed by atoms with Crippen molar-refractivity contribution in [3.63, 3.8) is 0 Å². The van der Waals surface area contributed by atoms with Gasteiger partial charge in [-0.2, -0.15) is 0 Å². The fourth-order valence-corrected chi connectivity index (χ4v) is 3.67. The molecule has 0 saturated carbocycles. The molecule has 1 heterocycles. The summed E-state index contributed by atoms with van der Waals surface area (Å²) < 4.78 is 5.56. The first-order valence-corrected chi connectivity index (χ1v) is 11.2. The van der Waals surface area contributed by atoms with E-state index < -0.39 is 18.0 Å². The van der Waals surface area contributed by atoms with Crippen molar-refractivity contribution < 1.29 is 14.3 Å². The third kappa shape index (κ3) is 5.50. The highest BCUT2D eigenvalue weighted by molar-refractivity contribution is 6.05. The number of hydrogen-bond acceptors (Lipinski definition) is 5. The molecule has 0 aliphatic heterocycles. The Morgan fingerprint density at radius 3 is 2.57 bits per heavy atom. The molecular weight excluding hydrogens is 438 g/mol. The first-order valence-electron chi connectivity index (χ1n) is 11.2. The molecular formula is C29H25N3O3. The van der Waals surface area contributed by atoms with Crippen molar-refractivity contribution in [2.24, 2.45) is 4.99 Å². The van der Waals surface area contributed by atoms with Crippen molar-refractivity contribution in [3.8, 4) is 0 Å². The van der Waals surface area contributed by atoms with E-state index in [-0.39, 0.29) is 0 Å². The highest BCUT2D eigenvalue weighted by atomic mass is 16.5. The van der Waals surface area contributed by atoms with Crippen LogP contribution < -0.4 is 5.32 Å². The van der Waals surface area contributed by atoms with E-state index in [2.05, 4.69) is 22.0 Å². The number of rotatable bonds is 7. The molecule has 3 aromatic carbocycles. The number of esters is 1. The van der Waals surface area contributed by atoms with Gasteiger partial charge in [0.25, 0.3) is 5.91 Å². The average Bonchev–Trinajstić information content (AvgIpc) is 2.87. The average molecular weight is 464 g/mol. The number of fused-ring (bicyclic) bond motifs is 2. The first-order chi connectivity index (χ1) is 17.0. The SMILES string of the molecule is C=N/C=C\C=C(/C)c1cc(C(=O)OC(C)C(=O)Nc2ccc3ccccc3c2)c2ccccc2n1. The summed E-state index contributed by atoms with van der Waals surface area (Å²) in [6, 6.07) is 22.5. The van der Waals surface area contributed by atoms with Crippen molar-refractivity contribution in [1.29, 1.82) is 0 Å². The third-order valence-corrected chi connectivity index (χ3v) is 5.55. The van der Waals surface area contributed by atoms with Gasteiger partial charge >= 0.3 is 5.97 Å². The number of carbonyl (C=O) groups excluding carboxylic acids is 2. The highest BCUT2D eigenvalue weighted by Gasteiger charge is 2.22. The fraction of sp³-hybridized carbons (Fsp3) is 0.103. The van der Waals surface area contributed by atoms with Crippen molar-refractivity contribution in [1.82, 2.24) is 4.98 Å². The molecule has 174 valence electrons. The molecule has 6 nitrogen and oxygen atoms in total. The lowest BCUT2D eigenvalue weighted by Gasteiger charge is -2.15. The first kappa shape index (κ1) is 23.6. The minimum absolute atomic E-state index is 0.342. The van der Waals surface area contributed by atoms with E-state index in [1.807, 2.05) is 79.7 Å². The lowest BCUT2D eigenvalue weighted by molar-refractivity contribution is -0.123. The van der Waals surface area contributed by atoms with Gasteiger partial charge in [0.1, 0.15) is 0 Å². The number of amides is 1. The molecule has 1 N–H and O–H groups in total. The second-order valence-corrected chi connectivity index (χ2v) is 8.04. The predicted octanol–water partition coefficient (Wildman–Crippen LogP) is 6.19. The van der Waals surface area contributed by atoms with Crippen LogP contribution in [0.2, 0.25) is 0 Å². The molecule has 35 heavy (non-hydrogen) atoms. The molecule has 4 aromatic rings. The smallest absolute Gasteiger partial charge is 0.339 e. The van der Waals surface area contributed by atoms with E-state index in [0.29, 0.717) is 27.8 Å². The molecule has 0 aliphatic carbocycles. The number of aromatic nitrogens is 1. The zero-order chi connectivity index (χ0) is 24.8. The number of pyridine rings is 1. The minimum atomic E-state index is -0.998. The van der Waals surface area contributed by atoms with Crippen LogP contribution in [0.5, 0.6) is 0 Å². The maximum absolute atomic E-state index is 13.1. The zero-order valence-corrected chi connectivity index (χ0v) is 19.6. The molecule has 0 aliphatic rings. The van der Waals surface area contributed by atoms with E-state index >= 15 is 0 Å². The molecule has 0 saturated heterocycles. The number of carbonyl (C=O) groups is 2. The number of benzene rings is 3. The molecule has 1 amide bonds. The lowest BCUT2D eigenvalue weighted by atomic mass is 10.0. The Morgan fingerprint density at radius 2 is 1.77 bits per heavy atom. The molecule has 4 rings (SSSR count). The van der Waals surface area contributed by atoms with Crippen LogP contribution in [-0.4, -0.2) is 29.7 Å². The lowest BCUT2D eigenvalue weighted by Crippen LogP contribution is -2.30. The van der Waals surface area contributed by atoms with Crippen LogP contribution in [0.25, 0.3) is 27.2 Å². The quantitative estimate of drug-likeness (QED) is 0.201. The van der Waals surface area contributed by atoms with Gasteiger partial charge in [0, 0.05) is 17.3 Å². The van der Waals surface area contributed by atoms with Gasteiger partial charge in [-0.25, -0.2) is 9.78 Å². The zero-order valence-electron chi connectivity index (χ0n) is 19.6. The Kier molecular flexibility index (Phi) is 7.12. The van der Waals surface area contributed by atoms with Crippen LogP contribution in [0.15, 0.2) is 96.1 Å². The maximum atomic E-state index is 13.1. The standard InChI is InChI=1S/C29H25N3O3/c1-19(9-8-16-30-3)27-18-25(24-12-6-7-13-26(24)32-27)29(34)35-20(2)28(33)31-23-15-14-21-10-4-5-11-22(21)17-23/h4-18,20H,3H2,1-2H3,(H,31,33)/b16-8-,19-9+. The summed E-state index contributed by atoms with van der Waals surface area (Å²) in [5.41, 5.74) is 3.10. The molecule has 6 heteroatoms. The Bertz CT molecular complexity index is 1490. The van der Waals surface area contributed by atoms with Crippen LogP contribution in [-0.2, 0) is 9.53 Å². The van der Waals surface area contributed by atoms with Crippen LogP contribution in [0.3, 0.4) is 0 Å². The predicted molar refractivity (Wildman–Crippen MR) is 142 cm³/mol. The Morgan fingerprint density at radius 1 is 1.03 bits per heavy atom. The van der Waals surface area contributed by atoms with Crippen molar-refractivity contribution in [2.75, 3.05) is 5.32 Å². The molecule has 0 radical (unpaired) electrons. The number of ether oxygens (including phenoxy) is 1. The third-order valence-electron chi connectivity index (χ3n) is 5.55. The van der Waals surface area contributed by atoms with Gasteiger partial charge in [-0.05, 0) is 67.3 Å². The monoisotopic (exact) mass is 463 g/mol. The van der Waals surface area contributed by atoms with E-state index in [1.165, 1.54) is 0 Å². The second kappa shape index (κ2) is 10.6. The number of nitrogens with zero attached hydrogens (tertiary/aromatic N) is 2. The Hall–Kier alpha value is -4.58. The number of para-hydroxylation sites is 1. The molecule has 0 fully saturated rings. The van der Waals surface area contributed by atoms with E-state index in [9.17, 15) is 9.59 Å². The summed E-state index contributed by atoms with van der Waals surface area (Å²) in [5.74, 6) is -1.01. The summed E-state index contributed by atoms with van der Waals surface area (Å²) in [4.78, 5) is 34.3. The normalized spacial score (nSPS) is 12.6. The minimum Gasteiger partial charge on any atom is -0.449 e. The number of anilines is 1. The summed E-state index contributed by atoms with van der Waals surface area (Å²) in [6.07, 6.45) is 4.15. The van der Waals surface area contributed by atoms with Crippen LogP contribution in [0.4, 0.5) is 5.69 Å². The van der Waals surface area contributed by atoms with Gasteiger partial charge in [0.2, 0.25) is 0 Å². The number of nitrogens with one attached hydrogen (secondary N) is 1. The molecule has 1 unspecified atom stereocenters. The fourth-order valence-electron chi connectivity index (χ4n) is 3.67. The number of aliphatic imine (C=N–C) groups is 1. The van der Waals surface area contributed by atoms with Gasteiger partial charge in [-0.1, -0.05) is 54.6 Å². The Labute approximate surface area is 203 Å². The van der Waals surface area contributed by atoms with Crippen molar-refractivity contribution >= 4 is 51.5 Å². The molecule has 0 bridgehead atoms. The molecule has 1 atom stereocenters. The summed E-state index contributed by atoms with van der Waals surface area (Å²) in [5, 5.41) is 5.56. The summed E-state index contributed by atoms with van der Waals surface area (Å²) in [7, 11) is 0. The van der Waals surface area contributed by atoms with Gasteiger partial charge in [-0.15, -0.1) is 0 Å². The van der Waals surface area contributed by atoms with Crippen molar-refractivity contribution in [2.45, 2.75) is 20.0 Å². The van der Waals surface area contributed by atoms with Crippen LogP contribution in [0.1, 0.15) is 29.9 Å². The van der Waals surface area contributed by atoms with Crippen LogP contribution >= 0.6 is 0 Å². The second-order valence-electron chi connectivity index (χ2n) is 8.04.